The molecule has 9 heteroatoms. The number of esters is 1. The molecule has 2 atom stereocenters. The van der Waals surface area contributed by atoms with Crippen LogP contribution in [0.15, 0.2) is 134 Å². The van der Waals surface area contributed by atoms with Crippen molar-refractivity contribution in [2.75, 3.05) is 33.0 Å². The fourth-order valence-corrected chi connectivity index (χ4v) is 6.11. The highest BCUT2D eigenvalue weighted by atomic mass is 31.2. The summed E-state index contributed by atoms with van der Waals surface area (Å²) in [5.41, 5.74) is 5.37. The Hall–Kier alpha value is -3.36. The number of carbonyl (C=O) groups excluding carboxylic acids is 1. The summed E-state index contributed by atoms with van der Waals surface area (Å²) in [4.78, 5) is 22.5. The predicted molar refractivity (Wildman–Crippen MR) is 256 cm³/mol. The van der Waals surface area contributed by atoms with E-state index in [0.29, 0.717) is 13.0 Å². The Morgan fingerprint density at radius 2 is 0.883 bits per heavy atom. The van der Waals surface area contributed by atoms with Crippen LogP contribution in [-0.2, 0) is 27.9 Å². The Labute approximate surface area is 366 Å². The molecule has 0 spiro atoms. The third-order valence-corrected chi connectivity index (χ3v) is 9.56. The summed E-state index contributed by atoms with van der Waals surface area (Å²) in [7, 11) is -4.32. The minimum atomic E-state index is -4.32. The molecular formula is C51H82NO7P. The third kappa shape index (κ3) is 45.7. The number of rotatable bonds is 41. The molecular weight excluding hydrogens is 770 g/mol. The van der Waals surface area contributed by atoms with Gasteiger partial charge in [0.15, 0.2) is 0 Å². The van der Waals surface area contributed by atoms with Crippen LogP contribution < -0.4 is 5.73 Å². The van der Waals surface area contributed by atoms with Crippen molar-refractivity contribution >= 4 is 13.8 Å². The van der Waals surface area contributed by atoms with Crippen LogP contribution in [0.2, 0.25) is 0 Å². The number of phosphoric ester groups is 1. The highest BCUT2D eigenvalue weighted by Crippen LogP contribution is 2.43. The van der Waals surface area contributed by atoms with Gasteiger partial charge in [0.05, 0.1) is 19.8 Å². The van der Waals surface area contributed by atoms with E-state index in [1.54, 1.807) is 0 Å². The summed E-state index contributed by atoms with van der Waals surface area (Å²) in [5, 5.41) is 0. The standard InChI is InChI=1S/C51H82NO7P/c1-3-5-7-9-11-13-15-17-19-21-23-24-25-27-29-31-33-35-37-39-41-43-46-56-48-50(49-58-60(54,55)57-47-45-52)59-51(53)44-42-40-38-36-34-32-30-28-26-22-20-18-16-14-12-10-8-6-4-2/h5-8,11-14,17-20,23-24,26-29,32,34,38,40,50H,3-4,9-10,15-16,21-22,25,30-31,33,35-37,39,41-49,52H2,1-2H3,(H,54,55)/b7-5-,8-6-,13-11-,14-12-,19-17-,20-18-,24-23-,28-26-,29-27-,34-32-,40-38-. The molecule has 0 aromatic heterocycles. The van der Waals surface area contributed by atoms with E-state index in [4.69, 9.17) is 24.3 Å². The minimum Gasteiger partial charge on any atom is -0.457 e. The average molecular weight is 852 g/mol. The molecule has 0 heterocycles. The fourth-order valence-electron chi connectivity index (χ4n) is 5.34. The molecule has 0 aliphatic heterocycles. The first-order valence-electron chi connectivity index (χ1n) is 22.7. The van der Waals surface area contributed by atoms with E-state index in [0.717, 1.165) is 96.3 Å². The predicted octanol–water partition coefficient (Wildman–Crippen LogP) is 14.0. The maximum atomic E-state index is 12.6. The van der Waals surface area contributed by atoms with Gasteiger partial charge in [-0.05, 0) is 96.3 Å². The Kier molecular flexibility index (Phi) is 44.1. The molecule has 0 saturated heterocycles. The zero-order valence-corrected chi connectivity index (χ0v) is 38.3. The van der Waals surface area contributed by atoms with Crippen molar-refractivity contribution < 1.29 is 32.8 Å². The van der Waals surface area contributed by atoms with Crippen LogP contribution in [0.1, 0.15) is 142 Å². The SMILES string of the molecule is CC/C=C\C/C=C\C/C=C\C/C=C\C/C=C\C/C=C\CCC(=O)OC(COCCCCCCCC/C=C\C/C=C\C/C=C\C/C=C\C/C=C\CC)COP(=O)(O)OCCN. The first kappa shape index (κ1) is 56.6. The molecule has 2 unspecified atom stereocenters. The summed E-state index contributed by atoms with van der Waals surface area (Å²) in [5.74, 6) is -0.424. The third-order valence-electron chi connectivity index (χ3n) is 8.58. The summed E-state index contributed by atoms with van der Waals surface area (Å²) in [6.45, 7) is 4.51. The Morgan fingerprint density at radius 3 is 1.32 bits per heavy atom. The summed E-state index contributed by atoms with van der Waals surface area (Å²) >= 11 is 0. The molecule has 0 fully saturated rings. The fraction of sp³-hybridized carbons (Fsp3) is 0.549. The summed E-state index contributed by atoms with van der Waals surface area (Å²) < 4.78 is 33.4. The second-order valence-electron chi connectivity index (χ2n) is 14.1. The van der Waals surface area contributed by atoms with Gasteiger partial charge in [0.25, 0.3) is 0 Å². The van der Waals surface area contributed by atoms with E-state index < -0.39 is 19.9 Å². The van der Waals surface area contributed by atoms with Gasteiger partial charge in [-0.15, -0.1) is 0 Å². The zero-order valence-electron chi connectivity index (χ0n) is 37.4. The van der Waals surface area contributed by atoms with Crippen molar-refractivity contribution in [2.24, 2.45) is 5.73 Å². The lowest BCUT2D eigenvalue weighted by atomic mass is 10.1. The largest absolute Gasteiger partial charge is 0.472 e. The van der Waals surface area contributed by atoms with Gasteiger partial charge in [-0.1, -0.05) is 173 Å². The molecule has 0 aromatic carbocycles. The van der Waals surface area contributed by atoms with E-state index in [1.807, 2.05) is 12.2 Å². The highest BCUT2D eigenvalue weighted by Gasteiger charge is 2.25. The number of phosphoric acid groups is 1. The van der Waals surface area contributed by atoms with Gasteiger partial charge >= 0.3 is 13.8 Å². The maximum Gasteiger partial charge on any atom is 0.472 e. The monoisotopic (exact) mass is 852 g/mol. The summed E-state index contributed by atoms with van der Waals surface area (Å²) in [6.07, 6.45) is 66.3. The topological polar surface area (TPSA) is 117 Å². The van der Waals surface area contributed by atoms with Crippen LogP contribution in [-0.4, -0.2) is 49.9 Å². The van der Waals surface area contributed by atoms with Crippen molar-refractivity contribution in [2.45, 2.75) is 148 Å². The van der Waals surface area contributed by atoms with Gasteiger partial charge < -0.3 is 20.1 Å². The number of carbonyl (C=O) groups is 1. The van der Waals surface area contributed by atoms with Crippen molar-refractivity contribution in [3.05, 3.63) is 134 Å². The van der Waals surface area contributed by atoms with Crippen LogP contribution in [0, 0.1) is 0 Å². The minimum absolute atomic E-state index is 0.0653. The normalized spacial score (nSPS) is 14.7. The number of nitrogens with two attached hydrogens (primary N) is 1. The van der Waals surface area contributed by atoms with Crippen LogP contribution >= 0.6 is 7.82 Å². The average Bonchev–Trinajstić information content (AvgIpc) is 3.24. The molecule has 8 nitrogen and oxygen atoms in total. The molecule has 0 saturated carbocycles. The van der Waals surface area contributed by atoms with Crippen LogP contribution in [0.3, 0.4) is 0 Å². The zero-order chi connectivity index (χ0) is 43.7. The highest BCUT2D eigenvalue weighted by molar-refractivity contribution is 7.47. The van der Waals surface area contributed by atoms with Gasteiger partial charge in [0, 0.05) is 19.6 Å². The van der Waals surface area contributed by atoms with Gasteiger partial charge in [-0.3, -0.25) is 13.8 Å². The molecule has 0 radical (unpaired) electrons. The van der Waals surface area contributed by atoms with Gasteiger partial charge in [-0.2, -0.15) is 0 Å². The van der Waals surface area contributed by atoms with Crippen molar-refractivity contribution in [3.63, 3.8) is 0 Å². The van der Waals surface area contributed by atoms with E-state index >= 15 is 0 Å². The lowest BCUT2D eigenvalue weighted by Crippen LogP contribution is -2.28. The number of hydrogen-bond donors (Lipinski definition) is 2. The number of hydrogen-bond acceptors (Lipinski definition) is 7. The lowest BCUT2D eigenvalue weighted by molar-refractivity contribution is -0.154. The summed E-state index contributed by atoms with van der Waals surface area (Å²) in [6, 6.07) is 0. The quantitative estimate of drug-likeness (QED) is 0.0270. The Balaban J connectivity index is 4.20. The number of unbranched alkanes of at least 4 members (excludes halogenated alkanes) is 6. The van der Waals surface area contributed by atoms with Gasteiger partial charge in [0.2, 0.25) is 0 Å². The molecule has 0 rings (SSSR count). The molecule has 60 heavy (non-hydrogen) atoms. The van der Waals surface area contributed by atoms with E-state index in [-0.39, 0.29) is 32.8 Å². The molecule has 0 aromatic rings. The molecule has 0 aliphatic carbocycles. The Bertz CT molecular complexity index is 1370. The van der Waals surface area contributed by atoms with Crippen LogP contribution in [0.25, 0.3) is 0 Å². The smallest absolute Gasteiger partial charge is 0.457 e. The maximum absolute atomic E-state index is 12.6. The van der Waals surface area contributed by atoms with E-state index in [1.165, 1.54) is 19.3 Å². The van der Waals surface area contributed by atoms with E-state index in [2.05, 4.69) is 135 Å². The van der Waals surface area contributed by atoms with Gasteiger partial charge in [0.1, 0.15) is 6.10 Å². The number of allylic oxidation sites excluding steroid dienone is 22. The first-order valence-corrected chi connectivity index (χ1v) is 24.2. The second-order valence-corrected chi connectivity index (χ2v) is 15.6. The molecule has 338 valence electrons. The first-order chi connectivity index (χ1) is 29.4. The molecule has 0 bridgehead atoms. The van der Waals surface area contributed by atoms with Crippen molar-refractivity contribution in [1.82, 2.24) is 0 Å². The van der Waals surface area contributed by atoms with Crippen LogP contribution in [0.4, 0.5) is 0 Å². The molecule has 3 N–H and O–H groups in total. The number of ether oxygens (including phenoxy) is 2. The van der Waals surface area contributed by atoms with Crippen LogP contribution in [0.5, 0.6) is 0 Å². The Morgan fingerprint density at radius 1 is 0.500 bits per heavy atom. The van der Waals surface area contributed by atoms with Crippen molar-refractivity contribution in [1.29, 1.82) is 0 Å². The second kappa shape index (κ2) is 46.7. The molecule has 0 aliphatic rings. The lowest BCUT2D eigenvalue weighted by Gasteiger charge is -2.19. The van der Waals surface area contributed by atoms with Gasteiger partial charge in [-0.25, -0.2) is 4.57 Å². The van der Waals surface area contributed by atoms with Crippen molar-refractivity contribution in [3.8, 4) is 0 Å². The molecule has 0 amide bonds. The van der Waals surface area contributed by atoms with E-state index in [9.17, 15) is 14.3 Å².